The van der Waals surface area contributed by atoms with E-state index in [0.29, 0.717) is 18.7 Å². The lowest BCUT2D eigenvalue weighted by atomic mass is 10.0. The highest BCUT2D eigenvalue weighted by atomic mass is 79.9. The third-order valence-electron chi connectivity index (χ3n) is 5.37. The second kappa shape index (κ2) is 7.83. The fourth-order valence-electron chi connectivity index (χ4n) is 3.81. The molecule has 1 N–H and O–H groups in total. The quantitative estimate of drug-likeness (QED) is 0.667. The van der Waals surface area contributed by atoms with Gasteiger partial charge in [0.25, 0.3) is 5.91 Å². The van der Waals surface area contributed by atoms with Gasteiger partial charge in [-0.2, -0.15) is 0 Å². The molecular weight excluding hydrogens is 422 g/mol. The van der Waals surface area contributed by atoms with Gasteiger partial charge in [0.05, 0.1) is 11.8 Å². The Kier molecular flexibility index (Phi) is 5.26. The summed E-state index contributed by atoms with van der Waals surface area (Å²) in [6.07, 6.45) is 4.48. The van der Waals surface area contributed by atoms with Gasteiger partial charge in [0.2, 0.25) is 5.91 Å². The molecule has 0 atom stereocenters. The van der Waals surface area contributed by atoms with Crippen LogP contribution in [0.15, 0.2) is 51.7 Å². The molecule has 2 aromatic heterocycles. The molecule has 1 aliphatic heterocycles. The molecule has 1 aromatic carbocycles. The number of fused-ring (bicyclic) bond motifs is 1. The Bertz CT molecular complexity index is 1000. The van der Waals surface area contributed by atoms with E-state index in [-0.39, 0.29) is 24.4 Å². The molecule has 0 saturated carbocycles. The number of aromatic nitrogens is 1. The molecule has 3 aromatic rings. The van der Waals surface area contributed by atoms with Crippen molar-refractivity contribution in [2.24, 2.45) is 0 Å². The zero-order chi connectivity index (χ0) is 19.7. The highest BCUT2D eigenvalue weighted by Gasteiger charge is 2.25. The van der Waals surface area contributed by atoms with Crippen molar-refractivity contribution in [3.63, 3.8) is 0 Å². The lowest BCUT2D eigenvalue weighted by molar-refractivity contribution is -0.122. The summed E-state index contributed by atoms with van der Waals surface area (Å²) in [5, 5.41) is 4.24. The first-order chi connectivity index (χ1) is 13.5. The Morgan fingerprint density at radius 3 is 2.68 bits per heavy atom. The van der Waals surface area contributed by atoms with E-state index in [2.05, 4.69) is 21.2 Å². The number of likely N-dealkylation sites (tertiary alicyclic amines) is 1. The number of nitrogens with zero attached hydrogens (tertiary/aromatic N) is 2. The maximum atomic E-state index is 12.6. The van der Waals surface area contributed by atoms with Crippen LogP contribution < -0.4 is 5.32 Å². The first-order valence-corrected chi connectivity index (χ1v) is 10.2. The molecule has 146 valence electrons. The third-order valence-corrected chi connectivity index (χ3v) is 6.37. The van der Waals surface area contributed by atoms with E-state index < -0.39 is 0 Å². The Hall–Kier alpha value is -2.54. The van der Waals surface area contributed by atoms with Gasteiger partial charge in [-0.3, -0.25) is 9.59 Å². The number of piperidine rings is 1. The van der Waals surface area contributed by atoms with E-state index in [0.717, 1.165) is 33.9 Å². The van der Waals surface area contributed by atoms with Crippen LogP contribution in [0.5, 0.6) is 0 Å². The summed E-state index contributed by atoms with van der Waals surface area (Å²) >= 11 is 3.63. The number of furan rings is 1. The predicted octanol–water partition coefficient (Wildman–Crippen LogP) is 3.73. The van der Waals surface area contributed by atoms with Crippen LogP contribution >= 0.6 is 15.9 Å². The van der Waals surface area contributed by atoms with E-state index in [1.807, 2.05) is 40.7 Å². The molecular formula is C21H22BrN3O3. The topological polar surface area (TPSA) is 67.5 Å². The number of hydrogen-bond acceptors (Lipinski definition) is 3. The average Bonchev–Trinajstić information content (AvgIpc) is 3.32. The summed E-state index contributed by atoms with van der Waals surface area (Å²) in [5.41, 5.74) is 2.66. The molecule has 28 heavy (non-hydrogen) atoms. The van der Waals surface area contributed by atoms with Crippen LogP contribution in [-0.2, 0) is 11.3 Å². The van der Waals surface area contributed by atoms with Gasteiger partial charge in [-0.1, -0.05) is 18.2 Å². The number of rotatable bonds is 4. The first-order valence-electron chi connectivity index (χ1n) is 9.38. The summed E-state index contributed by atoms with van der Waals surface area (Å²) in [6.45, 7) is 3.56. The van der Waals surface area contributed by atoms with E-state index in [9.17, 15) is 9.59 Å². The largest absolute Gasteiger partial charge is 0.472 e. The SMILES string of the molecule is Cc1c(Br)c2ccccc2n1CC(=O)NC1CCN(C(=O)c2ccoc2)CC1. The Morgan fingerprint density at radius 2 is 1.96 bits per heavy atom. The van der Waals surface area contributed by atoms with Crippen LogP contribution in [0.2, 0.25) is 0 Å². The molecule has 1 aliphatic rings. The van der Waals surface area contributed by atoms with Gasteiger partial charge in [0, 0.05) is 40.2 Å². The van der Waals surface area contributed by atoms with Crippen molar-refractivity contribution in [1.82, 2.24) is 14.8 Å². The molecule has 2 amide bonds. The second-order valence-corrected chi connectivity index (χ2v) is 7.94. The molecule has 0 spiro atoms. The number of amides is 2. The lowest BCUT2D eigenvalue weighted by Crippen LogP contribution is -2.47. The van der Waals surface area contributed by atoms with Crippen LogP contribution in [0.4, 0.5) is 0 Å². The summed E-state index contributed by atoms with van der Waals surface area (Å²) in [4.78, 5) is 26.8. The normalized spacial score (nSPS) is 15.1. The zero-order valence-corrected chi connectivity index (χ0v) is 17.2. The molecule has 6 nitrogen and oxygen atoms in total. The average molecular weight is 444 g/mol. The van der Waals surface area contributed by atoms with Crippen LogP contribution in [0.3, 0.4) is 0 Å². The van der Waals surface area contributed by atoms with Crippen molar-refractivity contribution < 1.29 is 14.0 Å². The summed E-state index contributed by atoms with van der Waals surface area (Å²) < 4.78 is 8.05. The summed E-state index contributed by atoms with van der Waals surface area (Å²) in [5.74, 6) is -0.0197. The highest BCUT2D eigenvalue weighted by molar-refractivity contribution is 9.10. The number of carbonyl (C=O) groups is 2. The fraction of sp³-hybridized carbons (Fsp3) is 0.333. The van der Waals surface area contributed by atoms with Crippen LogP contribution in [0, 0.1) is 6.92 Å². The molecule has 0 bridgehead atoms. The van der Waals surface area contributed by atoms with Gasteiger partial charge in [0.1, 0.15) is 12.8 Å². The van der Waals surface area contributed by atoms with Crippen LogP contribution in [0.25, 0.3) is 10.9 Å². The minimum atomic E-state index is -0.0159. The maximum Gasteiger partial charge on any atom is 0.257 e. The van der Waals surface area contributed by atoms with E-state index in [1.54, 1.807) is 6.07 Å². The molecule has 0 unspecified atom stereocenters. The van der Waals surface area contributed by atoms with Gasteiger partial charge >= 0.3 is 0 Å². The van der Waals surface area contributed by atoms with Crippen molar-refractivity contribution in [3.05, 3.63) is 58.6 Å². The molecule has 0 aliphatic carbocycles. The number of halogens is 1. The van der Waals surface area contributed by atoms with Crippen molar-refractivity contribution in [2.45, 2.75) is 32.4 Å². The number of carbonyl (C=O) groups excluding carboxylic acids is 2. The number of benzene rings is 1. The van der Waals surface area contributed by atoms with Gasteiger partial charge in [-0.05, 0) is 47.8 Å². The van der Waals surface area contributed by atoms with Crippen molar-refractivity contribution >= 4 is 38.6 Å². The third kappa shape index (κ3) is 3.58. The molecule has 1 saturated heterocycles. The maximum absolute atomic E-state index is 12.6. The highest BCUT2D eigenvalue weighted by Crippen LogP contribution is 2.30. The molecule has 0 radical (unpaired) electrons. The lowest BCUT2D eigenvalue weighted by Gasteiger charge is -2.32. The molecule has 1 fully saturated rings. The van der Waals surface area contributed by atoms with Gasteiger partial charge in [0.15, 0.2) is 0 Å². The van der Waals surface area contributed by atoms with Crippen molar-refractivity contribution in [1.29, 1.82) is 0 Å². The monoisotopic (exact) mass is 443 g/mol. The zero-order valence-electron chi connectivity index (χ0n) is 15.7. The Balaban J connectivity index is 1.36. The van der Waals surface area contributed by atoms with Crippen LogP contribution in [-0.4, -0.2) is 40.4 Å². The number of para-hydroxylation sites is 1. The second-order valence-electron chi connectivity index (χ2n) is 7.15. The summed E-state index contributed by atoms with van der Waals surface area (Å²) in [6, 6.07) is 9.82. The van der Waals surface area contributed by atoms with Gasteiger partial charge < -0.3 is 19.2 Å². The Morgan fingerprint density at radius 1 is 1.21 bits per heavy atom. The smallest absolute Gasteiger partial charge is 0.257 e. The molecule has 4 rings (SSSR count). The molecule has 3 heterocycles. The minimum Gasteiger partial charge on any atom is -0.472 e. The standard InChI is InChI=1S/C21H22BrN3O3/c1-14-20(22)17-4-2-3-5-18(17)25(14)12-19(26)23-16-6-9-24(10-7-16)21(27)15-8-11-28-13-15/h2-5,8,11,13,16H,6-7,9-10,12H2,1H3,(H,23,26). The van der Waals surface area contributed by atoms with E-state index in [4.69, 9.17) is 4.42 Å². The first kappa shape index (κ1) is 18.8. The fourth-order valence-corrected chi connectivity index (χ4v) is 4.35. The predicted molar refractivity (Wildman–Crippen MR) is 110 cm³/mol. The van der Waals surface area contributed by atoms with Gasteiger partial charge in [-0.25, -0.2) is 0 Å². The van der Waals surface area contributed by atoms with E-state index in [1.165, 1.54) is 12.5 Å². The minimum absolute atomic E-state index is 0.00374. The van der Waals surface area contributed by atoms with Crippen molar-refractivity contribution in [3.8, 4) is 0 Å². The number of hydrogen-bond donors (Lipinski definition) is 1. The number of nitrogens with one attached hydrogen (secondary N) is 1. The van der Waals surface area contributed by atoms with Gasteiger partial charge in [-0.15, -0.1) is 0 Å². The van der Waals surface area contributed by atoms with E-state index >= 15 is 0 Å². The van der Waals surface area contributed by atoms with Crippen molar-refractivity contribution in [2.75, 3.05) is 13.1 Å². The van der Waals surface area contributed by atoms with Crippen LogP contribution in [0.1, 0.15) is 28.9 Å². The Labute approximate surface area is 171 Å². The summed E-state index contributed by atoms with van der Waals surface area (Å²) in [7, 11) is 0. The molecule has 7 heteroatoms.